The lowest BCUT2D eigenvalue weighted by molar-refractivity contribution is 0.00578. The van der Waals surface area contributed by atoms with Gasteiger partial charge in [0.25, 0.3) is 0 Å². The van der Waals surface area contributed by atoms with Crippen LogP contribution in [0.4, 0.5) is 10.6 Å². The number of ether oxygens (including phenoxy) is 1. The molecule has 2 aromatic carbocycles. The maximum Gasteiger partial charge on any atom is 0.492 e. The summed E-state index contributed by atoms with van der Waals surface area (Å²) < 4.78 is 17.9. The van der Waals surface area contributed by atoms with Crippen molar-refractivity contribution in [3.8, 4) is 0 Å². The molecule has 1 aliphatic heterocycles. The average Bonchev–Trinajstić information content (AvgIpc) is 3.04. The van der Waals surface area contributed by atoms with E-state index < -0.39 is 24.4 Å². The molecule has 1 fully saturated rings. The summed E-state index contributed by atoms with van der Waals surface area (Å²) in [6, 6.07) is 17.3. The molecule has 1 amide bonds. The summed E-state index contributed by atoms with van der Waals surface area (Å²) in [6.07, 6.45) is 3.14. The van der Waals surface area contributed by atoms with E-state index in [1.54, 1.807) is 6.20 Å². The highest BCUT2D eigenvalue weighted by atomic mass is 16.7. The molecule has 0 aliphatic carbocycles. The summed E-state index contributed by atoms with van der Waals surface area (Å²) in [5, 5.41) is 4.64. The lowest BCUT2D eigenvalue weighted by atomic mass is 9.76. The Labute approximate surface area is 200 Å². The molecule has 34 heavy (non-hydrogen) atoms. The molecule has 176 valence electrons. The van der Waals surface area contributed by atoms with Crippen molar-refractivity contribution in [1.29, 1.82) is 0 Å². The molecule has 0 spiro atoms. The molecule has 0 unspecified atom stereocenters. The van der Waals surface area contributed by atoms with Gasteiger partial charge >= 0.3 is 13.2 Å². The molecule has 0 atom stereocenters. The second-order valence-electron chi connectivity index (χ2n) is 9.37. The molecule has 7 nitrogen and oxygen atoms in total. The molecule has 0 saturated carbocycles. The Kier molecular flexibility index (Phi) is 6.64. The first-order chi connectivity index (χ1) is 16.2. The van der Waals surface area contributed by atoms with Crippen LogP contribution in [0, 0.1) is 0 Å². The average molecular weight is 459 g/mol. The van der Waals surface area contributed by atoms with Crippen LogP contribution in [0.15, 0.2) is 66.3 Å². The predicted molar refractivity (Wildman–Crippen MR) is 135 cm³/mol. The summed E-state index contributed by atoms with van der Waals surface area (Å²) in [6.45, 7) is 8.34. The number of nitrogens with one attached hydrogen (secondary N) is 1. The third-order valence-corrected chi connectivity index (χ3v) is 6.40. The highest BCUT2D eigenvalue weighted by Gasteiger charge is 2.52. The molecule has 1 aromatic heterocycles. The molecule has 3 N–H and O–H groups in total. The van der Waals surface area contributed by atoms with Gasteiger partial charge in [-0.05, 0) is 44.1 Å². The van der Waals surface area contributed by atoms with Gasteiger partial charge in [0.2, 0.25) is 0 Å². The fraction of sp³-hybridized carbons (Fsp3) is 0.308. The van der Waals surface area contributed by atoms with E-state index in [2.05, 4.69) is 10.3 Å². The fourth-order valence-electron chi connectivity index (χ4n) is 3.70. The molecule has 0 bridgehead atoms. The zero-order chi connectivity index (χ0) is 24.3. The molecule has 0 radical (unpaired) electrons. The van der Waals surface area contributed by atoms with Crippen molar-refractivity contribution in [1.82, 2.24) is 10.3 Å². The first-order valence-electron chi connectivity index (χ1n) is 11.3. The van der Waals surface area contributed by atoms with E-state index in [-0.39, 0.29) is 13.2 Å². The Balaban J connectivity index is 1.58. The summed E-state index contributed by atoms with van der Waals surface area (Å²) in [5.41, 5.74) is 7.54. The number of nitrogens with zero attached hydrogens (tertiary/aromatic N) is 1. The molecule has 3 aromatic rings. The summed E-state index contributed by atoms with van der Waals surface area (Å²) in [7, 11) is -0.643. The number of carbonyl (C=O) groups is 1. The van der Waals surface area contributed by atoms with Crippen molar-refractivity contribution in [2.45, 2.75) is 45.5 Å². The van der Waals surface area contributed by atoms with Crippen molar-refractivity contribution < 1.29 is 18.8 Å². The summed E-state index contributed by atoms with van der Waals surface area (Å²) in [4.78, 5) is 16.8. The molecule has 1 saturated heterocycles. The molecule has 1 aliphatic rings. The monoisotopic (exact) mass is 459 g/mol. The second-order valence-corrected chi connectivity index (χ2v) is 9.37. The van der Waals surface area contributed by atoms with Gasteiger partial charge in [-0.25, -0.2) is 9.78 Å². The van der Waals surface area contributed by atoms with Gasteiger partial charge in [0.05, 0.1) is 11.2 Å². The number of fused-ring (bicyclic) bond motifs is 1. The van der Waals surface area contributed by atoms with Crippen molar-refractivity contribution in [3.63, 3.8) is 0 Å². The van der Waals surface area contributed by atoms with Crippen LogP contribution in [0.25, 0.3) is 16.8 Å². The first-order valence-corrected chi connectivity index (χ1v) is 11.3. The summed E-state index contributed by atoms with van der Waals surface area (Å²) in [5.74, 6) is 0.465. The van der Waals surface area contributed by atoms with E-state index in [4.69, 9.17) is 19.8 Å². The van der Waals surface area contributed by atoms with Gasteiger partial charge in [0.15, 0.2) is 0 Å². The predicted octanol–water partition coefficient (Wildman–Crippen LogP) is 4.76. The quantitative estimate of drug-likeness (QED) is 0.517. The zero-order valence-corrected chi connectivity index (χ0v) is 20.0. The number of nitrogens with two attached hydrogens (primary N) is 1. The van der Waals surface area contributed by atoms with Crippen molar-refractivity contribution in [2.75, 3.05) is 12.3 Å². The number of hydrogen-bond acceptors (Lipinski definition) is 6. The van der Waals surface area contributed by atoms with Crippen LogP contribution < -0.4 is 11.1 Å². The van der Waals surface area contributed by atoms with E-state index in [9.17, 15) is 4.79 Å². The lowest BCUT2D eigenvalue weighted by Gasteiger charge is -2.32. The van der Waals surface area contributed by atoms with Crippen LogP contribution >= 0.6 is 0 Å². The maximum atomic E-state index is 12.4. The van der Waals surface area contributed by atoms with Gasteiger partial charge in [-0.2, -0.15) is 0 Å². The number of aromatic nitrogens is 1. The van der Waals surface area contributed by atoms with Crippen LogP contribution in [0.2, 0.25) is 0 Å². The minimum Gasteiger partial charge on any atom is -0.445 e. The molecular formula is C26H30BN3O4. The zero-order valence-electron chi connectivity index (χ0n) is 20.0. The number of anilines is 1. The number of carbonyl (C=O) groups excluding carboxylic acids is 1. The standard InChI is InChI=1S/C26H30BN3O4/c1-25(2)26(3,4)34-27(33-25)20(16-30-24(31)32-17-18-10-6-5-7-11-18)14-19-15-29-23(28)22-13-9-8-12-21(19)22/h5-15H,16-17H2,1-4H3,(H2,28,29)(H,30,31). The van der Waals surface area contributed by atoms with Crippen molar-refractivity contribution in [2.24, 2.45) is 0 Å². The van der Waals surface area contributed by atoms with Crippen LogP contribution in [-0.2, 0) is 20.7 Å². The number of hydrogen-bond donors (Lipinski definition) is 2. The van der Waals surface area contributed by atoms with Gasteiger partial charge in [0.1, 0.15) is 12.4 Å². The van der Waals surface area contributed by atoms with Crippen LogP contribution in [-0.4, -0.2) is 35.9 Å². The second kappa shape index (κ2) is 9.48. The molecule has 4 rings (SSSR count). The Hall–Kier alpha value is -3.36. The van der Waals surface area contributed by atoms with Gasteiger partial charge in [-0.15, -0.1) is 0 Å². The third kappa shape index (κ3) is 5.08. The Morgan fingerprint density at radius 1 is 1.03 bits per heavy atom. The molecular weight excluding hydrogens is 429 g/mol. The smallest absolute Gasteiger partial charge is 0.445 e. The Morgan fingerprint density at radius 3 is 2.32 bits per heavy atom. The molecule has 2 heterocycles. The number of benzene rings is 2. The van der Waals surface area contributed by atoms with E-state index >= 15 is 0 Å². The number of alkyl carbamates (subject to hydrolysis) is 1. The van der Waals surface area contributed by atoms with E-state index in [1.165, 1.54) is 0 Å². The lowest BCUT2D eigenvalue weighted by Crippen LogP contribution is -2.41. The van der Waals surface area contributed by atoms with Crippen molar-refractivity contribution in [3.05, 3.63) is 77.4 Å². The van der Waals surface area contributed by atoms with Gasteiger partial charge < -0.3 is 25.1 Å². The van der Waals surface area contributed by atoms with Gasteiger partial charge in [-0.3, -0.25) is 0 Å². The van der Waals surface area contributed by atoms with Crippen LogP contribution in [0.1, 0.15) is 38.8 Å². The number of amides is 1. The minimum atomic E-state index is -0.643. The Morgan fingerprint density at radius 2 is 1.65 bits per heavy atom. The van der Waals surface area contributed by atoms with Crippen molar-refractivity contribution >= 4 is 35.9 Å². The normalized spacial score (nSPS) is 17.1. The van der Waals surface area contributed by atoms with E-state index in [1.807, 2.05) is 88.4 Å². The maximum absolute atomic E-state index is 12.4. The third-order valence-electron chi connectivity index (χ3n) is 6.40. The first kappa shape index (κ1) is 23.8. The van der Waals surface area contributed by atoms with E-state index in [0.29, 0.717) is 5.82 Å². The van der Waals surface area contributed by atoms with Gasteiger partial charge in [-0.1, -0.05) is 60.7 Å². The SMILES string of the molecule is CC1(C)OB(C(=Cc2cnc(N)c3ccccc23)CNC(=O)OCc2ccccc2)OC1(C)C. The number of rotatable bonds is 6. The number of nitrogen functional groups attached to an aromatic ring is 1. The largest absolute Gasteiger partial charge is 0.492 e. The number of pyridine rings is 1. The van der Waals surface area contributed by atoms with Crippen LogP contribution in [0.3, 0.4) is 0 Å². The highest BCUT2D eigenvalue weighted by molar-refractivity contribution is 6.56. The van der Waals surface area contributed by atoms with E-state index in [0.717, 1.165) is 27.4 Å². The minimum absolute atomic E-state index is 0.184. The molecule has 8 heteroatoms. The van der Waals surface area contributed by atoms with Crippen LogP contribution in [0.5, 0.6) is 0 Å². The fourth-order valence-corrected chi connectivity index (χ4v) is 3.70. The summed E-state index contributed by atoms with van der Waals surface area (Å²) >= 11 is 0. The Bertz CT molecular complexity index is 1200. The topological polar surface area (TPSA) is 95.7 Å². The van der Waals surface area contributed by atoms with Gasteiger partial charge in [0, 0.05) is 23.7 Å². The highest BCUT2D eigenvalue weighted by Crippen LogP contribution is 2.39.